The molecule has 6 nitrogen and oxygen atoms in total. The van der Waals surface area contributed by atoms with E-state index in [-0.39, 0.29) is 0 Å². The minimum Gasteiger partial charge on any atom is -0.480 e. The number of likely N-dealkylation sites (tertiary alicyclic amines) is 1. The van der Waals surface area contributed by atoms with Gasteiger partial charge in [-0.25, -0.2) is 0 Å². The summed E-state index contributed by atoms with van der Waals surface area (Å²) in [4.78, 5) is 11.5. The summed E-state index contributed by atoms with van der Waals surface area (Å²) >= 11 is 0. The Kier molecular flexibility index (Phi) is 2.34. The van der Waals surface area contributed by atoms with Crippen LogP contribution in [0, 0.1) is 0 Å². The number of nitrogens with zero attached hydrogens (tertiary/aromatic N) is 1. The van der Waals surface area contributed by atoms with Crippen molar-refractivity contribution < 1.29 is 25.2 Å². The summed E-state index contributed by atoms with van der Waals surface area (Å²) in [7, 11) is 1.32. The number of hydrogen-bond donors (Lipinski definition) is 4. The number of rotatable bonds is 1. The van der Waals surface area contributed by atoms with Crippen LogP contribution in [0.2, 0.25) is 0 Å². The molecule has 0 spiro atoms. The summed E-state index contributed by atoms with van der Waals surface area (Å²) in [6, 6.07) is -1.24. The lowest BCUT2D eigenvalue weighted by Crippen LogP contribution is -2.41. The van der Waals surface area contributed by atoms with Crippen molar-refractivity contribution in [1.29, 1.82) is 0 Å². The summed E-state index contributed by atoms with van der Waals surface area (Å²) in [5.41, 5.74) is 0. The third kappa shape index (κ3) is 1.18. The highest BCUT2D eigenvalue weighted by molar-refractivity contribution is 5.75. The van der Waals surface area contributed by atoms with Crippen LogP contribution >= 0.6 is 0 Å². The van der Waals surface area contributed by atoms with E-state index < -0.39 is 30.4 Å². The first-order chi connectivity index (χ1) is 5.46. The molecule has 0 aromatic heterocycles. The Morgan fingerprint density at radius 1 is 1.25 bits per heavy atom. The van der Waals surface area contributed by atoms with Crippen molar-refractivity contribution >= 4 is 5.97 Å². The van der Waals surface area contributed by atoms with Crippen molar-refractivity contribution in [2.45, 2.75) is 24.5 Å². The largest absolute Gasteiger partial charge is 0.480 e. The molecule has 0 aromatic rings. The quantitative estimate of drug-likeness (QED) is 0.351. The van der Waals surface area contributed by atoms with Gasteiger partial charge >= 0.3 is 5.97 Å². The Morgan fingerprint density at radius 2 is 1.75 bits per heavy atom. The number of carbonyl (C=O) groups is 1. The average Bonchev–Trinajstić information content (AvgIpc) is 2.16. The molecule has 70 valence electrons. The smallest absolute Gasteiger partial charge is 0.323 e. The second-order valence-electron chi connectivity index (χ2n) is 2.84. The number of hydrogen-bond acceptors (Lipinski definition) is 5. The van der Waals surface area contributed by atoms with E-state index in [0.717, 1.165) is 4.90 Å². The van der Waals surface area contributed by atoms with E-state index in [4.69, 9.17) is 20.4 Å². The number of carboxylic acid groups (broad SMARTS) is 1. The van der Waals surface area contributed by atoms with E-state index in [1.807, 2.05) is 0 Å². The molecule has 1 fully saturated rings. The molecule has 1 rings (SSSR count). The first kappa shape index (κ1) is 9.40. The third-order valence-corrected chi connectivity index (χ3v) is 2.09. The molecule has 1 saturated heterocycles. The molecule has 1 aliphatic rings. The fraction of sp³-hybridized carbons (Fsp3) is 0.833. The van der Waals surface area contributed by atoms with Crippen LogP contribution in [0.1, 0.15) is 0 Å². The summed E-state index contributed by atoms with van der Waals surface area (Å²) in [5.74, 6) is -1.26. The van der Waals surface area contributed by atoms with Gasteiger partial charge in [-0.05, 0) is 7.05 Å². The van der Waals surface area contributed by atoms with Crippen LogP contribution in [0.4, 0.5) is 0 Å². The fourth-order valence-electron chi connectivity index (χ4n) is 1.33. The molecular weight excluding hydrogens is 166 g/mol. The summed E-state index contributed by atoms with van der Waals surface area (Å²) < 4.78 is 0. The zero-order valence-electron chi connectivity index (χ0n) is 6.45. The van der Waals surface area contributed by atoms with Gasteiger partial charge in [-0.3, -0.25) is 9.69 Å². The highest BCUT2D eigenvalue weighted by Crippen LogP contribution is 2.21. The lowest BCUT2D eigenvalue weighted by atomic mass is 10.1. The normalized spacial score (nSPS) is 43.3. The predicted octanol–water partition coefficient (Wildman–Crippen LogP) is -2.57. The Balaban J connectivity index is 2.83. The highest BCUT2D eigenvalue weighted by Gasteiger charge is 2.48. The van der Waals surface area contributed by atoms with Crippen molar-refractivity contribution in [2.24, 2.45) is 0 Å². The van der Waals surface area contributed by atoms with Gasteiger partial charge in [0.2, 0.25) is 0 Å². The molecule has 0 saturated carbocycles. The molecule has 4 atom stereocenters. The van der Waals surface area contributed by atoms with E-state index in [9.17, 15) is 4.79 Å². The number of aliphatic carboxylic acids is 1. The second kappa shape index (κ2) is 2.98. The Bertz CT molecular complexity index is 182. The molecule has 4 unspecified atom stereocenters. The average molecular weight is 177 g/mol. The topological polar surface area (TPSA) is 101 Å². The number of likely N-dealkylation sites (N-methyl/N-ethyl adjacent to an activating group) is 1. The Morgan fingerprint density at radius 3 is 1.92 bits per heavy atom. The van der Waals surface area contributed by atoms with E-state index in [0.29, 0.717) is 0 Å². The summed E-state index contributed by atoms with van der Waals surface area (Å²) in [6.45, 7) is 0. The van der Waals surface area contributed by atoms with Gasteiger partial charge in [-0.15, -0.1) is 0 Å². The molecule has 0 aliphatic carbocycles. The molecule has 4 N–H and O–H groups in total. The van der Waals surface area contributed by atoms with Crippen LogP contribution in [0.25, 0.3) is 0 Å². The van der Waals surface area contributed by atoms with Crippen molar-refractivity contribution in [2.75, 3.05) is 7.05 Å². The highest BCUT2D eigenvalue weighted by atomic mass is 16.4. The molecule has 12 heavy (non-hydrogen) atoms. The van der Waals surface area contributed by atoms with Gasteiger partial charge in [0.15, 0.2) is 0 Å². The van der Waals surface area contributed by atoms with Gasteiger partial charge in [-0.2, -0.15) is 0 Å². The molecule has 0 amide bonds. The molecule has 0 radical (unpaired) electrons. The van der Waals surface area contributed by atoms with E-state index in [2.05, 4.69) is 0 Å². The first-order valence-electron chi connectivity index (χ1n) is 3.45. The second-order valence-corrected chi connectivity index (χ2v) is 2.84. The first-order valence-corrected chi connectivity index (χ1v) is 3.45. The maximum absolute atomic E-state index is 10.5. The number of aliphatic hydroxyl groups is 3. The molecule has 0 aromatic carbocycles. The molecular formula is C6H11NO5. The lowest BCUT2D eigenvalue weighted by molar-refractivity contribution is -0.146. The van der Waals surface area contributed by atoms with Crippen LogP contribution in [-0.4, -0.2) is 62.8 Å². The zero-order valence-corrected chi connectivity index (χ0v) is 6.45. The molecule has 1 heterocycles. The van der Waals surface area contributed by atoms with Gasteiger partial charge in [-0.1, -0.05) is 0 Å². The maximum atomic E-state index is 10.5. The van der Waals surface area contributed by atoms with Crippen molar-refractivity contribution in [3.63, 3.8) is 0 Å². The van der Waals surface area contributed by atoms with Gasteiger partial charge < -0.3 is 20.4 Å². The lowest BCUT2D eigenvalue weighted by Gasteiger charge is -2.18. The van der Waals surface area contributed by atoms with Gasteiger partial charge in [0, 0.05) is 0 Å². The van der Waals surface area contributed by atoms with Gasteiger partial charge in [0.05, 0.1) is 0 Å². The van der Waals surface area contributed by atoms with Crippen LogP contribution in [0.15, 0.2) is 0 Å². The van der Waals surface area contributed by atoms with E-state index in [1.165, 1.54) is 7.05 Å². The van der Waals surface area contributed by atoms with E-state index >= 15 is 0 Å². The minimum absolute atomic E-state index is 1.01. The number of carboxylic acids is 1. The molecule has 6 heteroatoms. The Hall–Kier alpha value is -0.690. The fourth-order valence-corrected chi connectivity index (χ4v) is 1.33. The molecule has 1 aliphatic heterocycles. The maximum Gasteiger partial charge on any atom is 0.323 e. The SMILES string of the molecule is CN1C(O)C(O)C(O)C1C(=O)O. The zero-order chi connectivity index (χ0) is 9.46. The van der Waals surface area contributed by atoms with Crippen LogP contribution in [0.5, 0.6) is 0 Å². The van der Waals surface area contributed by atoms with Crippen LogP contribution in [-0.2, 0) is 4.79 Å². The van der Waals surface area contributed by atoms with Gasteiger partial charge in [0.25, 0.3) is 0 Å². The van der Waals surface area contributed by atoms with E-state index in [1.54, 1.807) is 0 Å². The standard InChI is InChI=1S/C6H11NO5/c1-7-2(6(11)12)3(8)4(9)5(7)10/h2-5,8-10H,1H3,(H,11,12). The van der Waals surface area contributed by atoms with Crippen LogP contribution in [0.3, 0.4) is 0 Å². The van der Waals surface area contributed by atoms with Crippen molar-refractivity contribution in [3.05, 3.63) is 0 Å². The van der Waals surface area contributed by atoms with Crippen molar-refractivity contribution in [1.82, 2.24) is 4.90 Å². The minimum atomic E-state index is -1.44. The third-order valence-electron chi connectivity index (χ3n) is 2.09. The van der Waals surface area contributed by atoms with Gasteiger partial charge in [0.1, 0.15) is 24.5 Å². The monoisotopic (exact) mass is 177 g/mol. The Labute approximate surface area is 68.7 Å². The molecule has 0 bridgehead atoms. The summed E-state index contributed by atoms with van der Waals surface area (Å²) in [6.07, 6.45) is -4.18. The summed E-state index contributed by atoms with van der Waals surface area (Å²) in [5, 5.41) is 35.9. The predicted molar refractivity (Wildman–Crippen MR) is 37.2 cm³/mol. The van der Waals surface area contributed by atoms with Crippen molar-refractivity contribution in [3.8, 4) is 0 Å². The number of aliphatic hydroxyl groups excluding tert-OH is 3. The van der Waals surface area contributed by atoms with Crippen LogP contribution < -0.4 is 0 Å².